The zero-order chi connectivity index (χ0) is 8.48. The van der Waals surface area contributed by atoms with Crippen molar-refractivity contribution in [1.82, 2.24) is 4.90 Å². The van der Waals surface area contributed by atoms with Gasteiger partial charge in [-0.2, -0.15) is 0 Å². The highest BCUT2D eigenvalue weighted by Gasteiger charge is 2.34. The van der Waals surface area contributed by atoms with Gasteiger partial charge in [-0.25, -0.2) is 0 Å². The number of nitrogens with zero attached hydrogens (tertiary/aromatic N) is 1. The molecule has 0 bridgehead atoms. The number of aliphatic hydroxyl groups is 1. The number of aliphatic hydroxyl groups excluding tert-OH is 1. The van der Waals surface area contributed by atoms with Crippen molar-refractivity contribution < 1.29 is 5.11 Å². The van der Waals surface area contributed by atoms with Gasteiger partial charge in [-0.05, 0) is 46.7 Å². The van der Waals surface area contributed by atoms with Crippen LogP contribution in [0.1, 0.15) is 33.1 Å². The van der Waals surface area contributed by atoms with Crippen LogP contribution >= 0.6 is 0 Å². The summed E-state index contributed by atoms with van der Waals surface area (Å²) in [5, 5.41) is 9.27. The minimum atomic E-state index is -0.166. The molecule has 0 aromatic heterocycles. The van der Waals surface area contributed by atoms with Crippen LogP contribution in [0.2, 0.25) is 0 Å². The Morgan fingerprint density at radius 2 is 2.27 bits per heavy atom. The lowest BCUT2D eigenvalue weighted by Crippen LogP contribution is -2.40. The average molecular weight is 157 g/mol. The molecule has 0 radical (unpaired) electrons. The predicted octanol–water partition coefficient (Wildman–Crippen LogP) is 1.24. The number of hydrogen-bond acceptors (Lipinski definition) is 2. The third-order valence-electron chi connectivity index (χ3n) is 2.87. The van der Waals surface area contributed by atoms with Gasteiger partial charge >= 0.3 is 0 Å². The predicted molar refractivity (Wildman–Crippen MR) is 46.6 cm³/mol. The molecular formula is C9H19NO. The van der Waals surface area contributed by atoms with Gasteiger partial charge in [-0.1, -0.05) is 0 Å². The molecule has 0 spiro atoms. The molecule has 1 rings (SSSR count). The van der Waals surface area contributed by atoms with Crippen LogP contribution in [-0.2, 0) is 0 Å². The van der Waals surface area contributed by atoms with E-state index in [1.165, 1.54) is 19.4 Å². The van der Waals surface area contributed by atoms with Crippen molar-refractivity contribution in [3.63, 3.8) is 0 Å². The molecule has 0 aromatic rings. The molecule has 1 aliphatic heterocycles. The molecule has 2 nitrogen and oxygen atoms in total. The second kappa shape index (κ2) is 3.11. The quantitative estimate of drug-likeness (QED) is 0.652. The van der Waals surface area contributed by atoms with Crippen molar-refractivity contribution in [1.29, 1.82) is 0 Å². The van der Waals surface area contributed by atoms with E-state index in [2.05, 4.69) is 18.9 Å². The summed E-state index contributed by atoms with van der Waals surface area (Å²) < 4.78 is 0. The van der Waals surface area contributed by atoms with E-state index in [1.807, 2.05) is 6.92 Å². The normalized spacial score (nSPS) is 36.0. The van der Waals surface area contributed by atoms with E-state index in [0.717, 1.165) is 6.42 Å². The molecule has 1 fully saturated rings. The van der Waals surface area contributed by atoms with Gasteiger partial charge in [0.1, 0.15) is 0 Å². The molecular weight excluding hydrogens is 138 g/mol. The second-order valence-corrected chi connectivity index (χ2v) is 4.08. The van der Waals surface area contributed by atoms with Gasteiger partial charge in [-0.15, -0.1) is 0 Å². The summed E-state index contributed by atoms with van der Waals surface area (Å²) in [6.07, 6.45) is 3.25. The van der Waals surface area contributed by atoms with E-state index in [4.69, 9.17) is 0 Å². The van der Waals surface area contributed by atoms with Gasteiger partial charge in [0.05, 0.1) is 6.10 Å². The van der Waals surface area contributed by atoms with Crippen LogP contribution in [-0.4, -0.2) is 35.2 Å². The molecule has 66 valence electrons. The van der Waals surface area contributed by atoms with Crippen LogP contribution in [0.3, 0.4) is 0 Å². The lowest BCUT2D eigenvalue weighted by molar-refractivity contribution is 0.0935. The second-order valence-electron chi connectivity index (χ2n) is 4.08. The minimum absolute atomic E-state index is 0.166. The molecule has 11 heavy (non-hydrogen) atoms. The van der Waals surface area contributed by atoms with E-state index in [1.54, 1.807) is 0 Å². The molecule has 0 amide bonds. The number of hydrogen-bond donors (Lipinski definition) is 1. The molecule has 0 aromatic carbocycles. The minimum Gasteiger partial charge on any atom is -0.393 e. The molecule has 0 saturated carbocycles. The summed E-state index contributed by atoms with van der Waals surface area (Å²) in [5.41, 5.74) is 0.258. The summed E-state index contributed by atoms with van der Waals surface area (Å²) in [7, 11) is 2.15. The summed E-state index contributed by atoms with van der Waals surface area (Å²) >= 11 is 0. The maximum atomic E-state index is 9.27. The Kier molecular flexibility index (Phi) is 2.55. The first kappa shape index (κ1) is 9.01. The van der Waals surface area contributed by atoms with Crippen molar-refractivity contribution in [3.8, 4) is 0 Å². The fourth-order valence-electron chi connectivity index (χ4n) is 2.05. The van der Waals surface area contributed by atoms with Crippen LogP contribution in [0.25, 0.3) is 0 Å². The van der Waals surface area contributed by atoms with Gasteiger partial charge in [0.15, 0.2) is 0 Å². The molecule has 2 atom stereocenters. The smallest absolute Gasteiger partial charge is 0.0529 e. The third-order valence-corrected chi connectivity index (χ3v) is 2.87. The molecule has 0 unspecified atom stereocenters. The average Bonchev–Trinajstić information content (AvgIpc) is 2.11. The van der Waals surface area contributed by atoms with Crippen LogP contribution in [0.4, 0.5) is 0 Å². The van der Waals surface area contributed by atoms with Gasteiger partial charge in [0, 0.05) is 5.54 Å². The fourth-order valence-corrected chi connectivity index (χ4v) is 2.05. The Balaban J connectivity index is 2.51. The lowest BCUT2D eigenvalue weighted by atomic mass is 9.92. The summed E-state index contributed by atoms with van der Waals surface area (Å²) in [4.78, 5) is 2.36. The van der Waals surface area contributed by atoms with Crippen molar-refractivity contribution in [3.05, 3.63) is 0 Å². The Morgan fingerprint density at radius 3 is 2.64 bits per heavy atom. The first-order valence-corrected chi connectivity index (χ1v) is 4.44. The van der Waals surface area contributed by atoms with E-state index in [-0.39, 0.29) is 11.6 Å². The van der Waals surface area contributed by atoms with Crippen LogP contribution in [0, 0.1) is 0 Å². The third kappa shape index (κ3) is 1.94. The lowest BCUT2D eigenvalue weighted by Gasteiger charge is -2.33. The molecule has 1 aliphatic rings. The first-order valence-electron chi connectivity index (χ1n) is 4.44. The summed E-state index contributed by atoms with van der Waals surface area (Å²) in [6, 6.07) is 0. The Labute approximate surface area is 69.2 Å². The number of likely N-dealkylation sites (tertiary alicyclic amines) is 1. The Hall–Kier alpha value is -0.0800. The standard InChI is InChI=1S/C9H19NO/c1-8(11)7-9(2)5-4-6-10(9)3/h8,11H,4-7H2,1-3H3/t8-,9-/m1/s1. The monoisotopic (exact) mass is 157 g/mol. The van der Waals surface area contributed by atoms with Crippen LogP contribution < -0.4 is 0 Å². The first-order chi connectivity index (χ1) is 5.04. The van der Waals surface area contributed by atoms with E-state index < -0.39 is 0 Å². The maximum absolute atomic E-state index is 9.27. The molecule has 2 heteroatoms. The van der Waals surface area contributed by atoms with Crippen LogP contribution in [0.5, 0.6) is 0 Å². The van der Waals surface area contributed by atoms with E-state index in [0.29, 0.717) is 0 Å². The largest absolute Gasteiger partial charge is 0.393 e. The van der Waals surface area contributed by atoms with Crippen molar-refractivity contribution in [2.75, 3.05) is 13.6 Å². The summed E-state index contributed by atoms with van der Waals surface area (Å²) in [6.45, 7) is 5.30. The Morgan fingerprint density at radius 1 is 1.64 bits per heavy atom. The van der Waals surface area contributed by atoms with Crippen LogP contribution in [0.15, 0.2) is 0 Å². The molecule has 0 aliphatic carbocycles. The maximum Gasteiger partial charge on any atom is 0.0529 e. The highest BCUT2D eigenvalue weighted by atomic mass is 16.3. The highest BCUT2D eigenvalue weighted by Crippen LogP contribution is 2.31. The van der Waals surface area contributed by atoms with Gasteiger partial charge in [-0.3, -0.25) is 0 Å². The Bertz CT molecular complexity index is 136. The van der Waals surface area contributed by atoms with Crippen molar-refractivity contribution >= 4 is 0 Å². The zero-order valence-corrected chi connectivity index (χ0v) is 7.80. The van der Waals surface area contributed by atoms with Crippen molar-refractivity contribution in [2.24, 2.45) is 0 Å². The van der Waals surface area contributed by atoms with E-state index in [9.17, 15) is 5.11 Å². The van der Waals surface area contributed by atoms with Crippen molar-refractivity contribution in [2.45, 2.75) is 44.8 Å². The molecule has 1 heterocycles. The highest BCUT2D eigenvalue weighted by molar-refractivity contribution is 4.90. The van der Waals surface area contributed by atoms with E-state index >= 15 is 0 Å². The molecule has 1 saturated heterocycles. The summed E-state index contributed by atoms with van der Waals surface area (Å²) in [5.74, 6) is 0. The zero-order valence-electron chi connectivity index (χ0n) is 7.80. The van der Waals surface area contributed by atoms with Gasteiger partial charge < -0.3 is 10.0 Å². The topological polar surface area (TPSA) is 23.5 Å². The van der Waals surface area contributed by atoms with Gasteiger partial charge in [0.25, 0.3) is 0 Å². The molecule has 1 N–H and O–H groups in total. The SMILES string of the molecule is C[C@@H](O)C[C@@]1(C)CCCN1C. The fraction of sp³-hybridized carbons (Fsp3) is 1.00. The number of rotatable bonds is 2. The van der Waals surface area contributed by atoms with Gasteiger partial charge in [0.2, 0.25) is 0 Å².